The Kier molecular flexibility index (Phi) is 4.33. The molecular formula is C10H8ClFN4O2S. The average Bonchev–Trinajstić information content (AvgIpc) is 2.77. The van der Waals surface area contributed by atoms with Crippen molar-refractivity contribution in [3.63, 3.8) is 0 Å². The molecule has 0 unspecified atom stereocenters. The van der Waals surface area contributed by atoms with Crippen LogP contribution in [0.4, 0.5) is 4.39 Å². The standard InChI is InChI=1S/C10H8ClFN4O2S/c11-8-2-1-7(12)3-6(8)5-19-10-13-14-15-16(10)4-9(17)18/h1-3H,4-5H2,(H,17,18). The molecule has 2 rings (SSSR count). The highest BCUT2D eigenvalue weighted by Crippen LogP contribution is 2.25. The molecule has 0 fully saturated rings. The van der Waals surface area contributed by atoms with E-state index in [1.807, 2.05) is 0 Å². The molecule has 1 aromatic heterocycles. The van der Waals surface area contributed by atoms with Gasteiger partial charge in [0.25, 0.3) is 0 Å². The first-order valence-electron chi connectivity index (χ1n) is 5.11. The Labute approximate surface area is 116 Å². The first-order valence-corrected chi connectivity index (χ1v) is 6.47. The van der Waals surface area contributed by atoms with Crippen molar-refractivity contribution in [3.8, 4) is 0 Å². The van der Waals surface area contributed by atoms with E-state index in [4.69, 9.17) is 16.7 Å². The number of thioether (sulfide) groups is 1. The number of hydrogen-bond donors (Lipinski definition) is 1. The van der Waals surface area contributed by atoms with Crippen LogP contribution in [-0.4, -0.2) is 31.3 Å². The van der Waals surface area contributed by atoms with E-state index in [0.29, 0.717) is 21.5 Å². The van der Waals surface area contributed by atoms with Crippen molar-refractivity contribution in [1.29, 1.82) is 0 Å². The predicted octanol–water partition coefficient (Wildman–Crippen LogP) is 1.84. The topological polar surface area (TPSA) is 80.9 Å². The first-order chi connectivity index (χ1) is 9.06. The predicted molar refractivity (Wildman–Crippen MR) is 66.4 cm³/mol. The Balaban J connectivity index is 2.08. The van der Waals surface area contributed by atoms with Gasteiger partial charge in [-0.3, -0.25) is 4.79 Å². The lowest BCUT2D eigenvalue weighted by molar-refractivity contribution is -0.138. The summed E-state index contributed by atoms with van der Waals surface area (Å²) < 4.78 is 14.2. The number of rotatable bonds is 5. The van der Waals surface area contributed by atoms with Crippen LogP contribution >= 0.6 is 23.4 Å². The number of hydrogen-bond acceptors (Lipinski definition) is 5. The van der Waals surface area contributed by atoms with Crippen molar-refractivity contribution in [2.75, 3.05) is 0 Å². The summed E-state index contributed by atoms with van der Waals surface area (Å²) in [5.74, 6) is -1.08. The smallest absolute Gasteiger partial charge is 0.325 e. The third kappa shape index (κ3) is 3.65. The number of carboxylic acids is 1. The molecule has 9 heteroatoms. The molecule has 0 aliphatic heterocycles. The van der Waals surface area contributed by atoms with Gasteiger partial charge in [0.2, 0.25) is 5.16 Å². The number of aliphatic carboxylic acids is 1. The van der Waals surface area contributed by atoms with Crippen molar-refractivity contribution < 1.29 is 14.3 Å². The third-order valence-electron chi connectivity index (χ3n) is 2.15. The maximum Gasteiger partial charge on any atom is 0.325 e. The molecule has 0 aliphatic carbocycles. The monoisotopic (exact) mass is 302 g/mol. The summed E-state index contributed by atoms with van der Waals surface area (Å²) in [6.45, 7) is -0.327. The van der Waals surface area contributed by atoms with Gasteiger partial charge in [-0.05, 0) is 34.2 Å². The molecule has 1 aromatic carbocycles. The van der Waals surface area contributed by atoms with Gasteiger partial charge >= 0.3 is 5.97 Å². The van der Waals surface area contributed by atoms with Crippen LogP contribution in [0.5, 0.6) is 0 Å². The summed E-state index contributed by atoms with van der Waals surface area (Å²) in [6, 6.07) is 4.05. The number of tetrazole rings is 1. The van der Waals surface area contributed by atoms with E-state index in [2.05, 4.69) is 15.5 Å². The van der Waals surface area contributed by atoms with Crippen molar-refractivity contribution in [1.82, 2.24) is 20.2 Å². The zero-order chi connectivity index (χ0) is 13.8. The van der Waals surface area contributed by atoms with E-state index in [-0.39, 0.29) is 12.4 Å². The first kappa shape index (κ1) is 13.8. The summed E-state index contributed by atoms with van der Waals surface area (Å²) >= 11 is 7.11. The molecule has 0 atom stereocenters. The Bertz CT molecular complexity index is 607. The number of carboxylic acid groups (broad SMARTS) is 1. The van der Waals surface area contributed by atoms with Crippen LogP contribution in [0.1, 0.15) is 5.56 Å². The largest absolute Gasteiger partial charge is 0.480 e. The van der Waals surface area contributed by atoms with Gasteiger partial charge in [0.1, 0.15) is 12.4 Å². The molecule has 0 spiro atoms. The third-order valence-corrected chi connectivity index (χ3v) is 3.52. The second-order valence-corrected chi connectivity index (χ2v) is 4.89. The zero-order valence-corrected chi connectivity index (χ0v) is 11.0. The lowest BCUT2D eigenvalue weighted by Crippen LogP contribution is -2.11. The fraction of sp³-hybridized carbons (Fsp3) is 0.200. The second kappa shape index (κ2) is 5.98. The average molecular weight is 303 g/mol. The fourth-order valence-corrected chi connectivity index (χ4v) is 2.45. The lowest BCUT2D eigenvalue weighted by atomic mass is 10.2. The van der Waals surface area contributed by atoms with E-state index in [0.717, 1.165) is 4.68 Å². The van der Waals surface area contributed by atoms with E-state index in [1.165, 1.54) is 30.0 Å². The van der Waals surface area contributed by atoms with Gasteiger partial charge in [-0.1, -0.05) is 23.4 Å². The van der Waals surface area contributed by atoms with Crippen molar-refractivity contribution in [2.24, 2.45) is 0 Å². The van der Waals surface area contributed by atoms with Crippen LogP contribution in [0.3, 0.4) is 0 Å². The quantitative estimate of drug-likeness (QED) is 0.849. The molecule has 0 radical (unpaired) electrons. The molecule has 2 aromatic rings. The van der Waals surface area contributed by atoms with Crippen LogP contribution < -0.4 is 0 Å². The molecule has 0 bridgehead atoms. The van der Waals surface area contributed by atoms with Gasteiger partial charge in [-0.2, -0.15) is 0 Å². The molecule has 1 N–H and O–H groups in total. The highest BCUT2D eigenvalue weighted by molar-refractivity contribution is 7.98. The molecule has 0 amide bonds. The van der Waals surface area contributed by atoms with E-state index in [9.17, 15) is 9.18 Å². The van der Waals surface area contributed by atoms with Gasteiger partial charge in [0.05, 0.1) is 0 Å². The molecule has 19 heavy (non-hydrogen) atoms. The lowest BCUT2D eigenvalue weighted by Gasteiger charge is -2.04. The number of benzene rings is 1. The summed E-state index contributed by atoms with van der Waals surface area (Å²) in [5.41, 5.74) is 0.594. The molecular weight excluding hydrogens is 295 g/mol. The number of carbonyl (C=O) groups is 1. The van der Waals surface area contributed by atoms with E-state index < -0.39 is 5.97 Å². The minimum Gasteiger partial charge on any atom is -0.480 e. The van der Waals surface area contributed by atoms with E-state index >= 15 is 0 Å². The summed E-state index contributed by atoms with van der Waals surface area (Å²) in [5, 5.41) is 20.1. The minimum absolute atomic E-state index is 0.327. The van der Waals surface area contributed by atoms with Gasteiger partial charge in [0.15, 0.2) is 0 Å². The van der Waals surface area contributed by atoms with Crippen molar-refractivity contribution in [3.05, 3.63) is 34.6 Å². The Morgan fingerprint density at radius 1 is 1.53 bits per heavy atom. The van der Waals surface area contributed by atoms with Gasteiger partial charge < -0.3 is 5.11 Å². The van der Waals surface area contributed by atoms with Gasteiger partial charge in [-0.25, -0.2) is 9.07 Å². The SMILES string of the molecule is O=C(O)Cn1nnnc1SCc1cc(F)ccc1Cl. The Hall–Kier alpha value is -1.67. The van der Waals surface area contributed by atoms with Crippen LogP contribution in [0.15, 0.2) is 23.4 Å². The summed E-state index contributed by atoms with van der Waals surface area (Å²) in [6.07, 6.45) is 0. The van der Waals surface area contributed by atoms with Gasteiger partial charge in [0, 0.05) is 10.8 Å². The number of nitrogens with zero attached hydrogens (tertiary/aromatic N) is 4. The van der Waals surface area contributed by atoms with Crippen LogP contribution in [-0.2, 0) is 17.1 Å². The van der Waals surface area contributed by atoms with Gasteiger partial charge in [-0.15, -0.1) is 5.10 Å². The summed E-state index contributed by atoms with van der Waals surface area (Å²) in [4.78, 5) is 10.6. The fourth-order valence-electron chi connectivity index (χ4n) is 1.32. The number of halogens is 2. The second-order valence-electron chi connectivity index (χ2n) is 3.54. The van der Waals surface area contributed by atoms with E-state index in [1.54, 1.807) is 0 Å². The van der Waals surface area contributed by atoms with Crippen LogP contribution in [0, 0.1) is 5.82 Å². The minimum atomic E-state index is -1.04. The highest BCUT2D eigenvalue weighted by Gasteiger charge is 2.11. The highest BCUT2D eigenvalue weighted by atomic mass is 35.5. The molecule has 0 aliphatic rings. The normalized spacial score (nSPS) is 10.6. The molecule has 0 saturated heterocycles. The molecule has 100 valence electrons. The molecule has 1 heterocycles. The maximum absolute atomic E-state index is 13.1. The van der Waals surface area contributed by atoms with Crippen LogP contribution in [0.25, 0.3) is 0 Å². The maximum atomic E-state index is 13.1. The van der Waals surface area contributed by atoms with Crippen LogP contribution in [0.2, 0.25) is 5.02 Å². The summed E-state index contributed by atoms with van der Waals surface area (Å²) in [7, 11) is 0. The Morgan fingerprint density at radius 2 is 2.32 bits per heavy atom. The van der Waals surface area contributed by atoms with Crippen molar-refractivity contribution in [2.45, 2.75) is 17.5 Å². The molecule has 6 nitrogen and oxygen atoms in total. The number of aromatic nitrogens is 4. The van der Waals surface area contributed by atoms with Crippen molar-refractivity contribution >= 4 is 29.3 Å². The zero-order valence-electron chi connectivity index (χ0n) is 9.45. The molecule has 0 saturated carbocycles. The Morgan fingerprint density at radius 3 is 3.05 bits per heavy atom.